The molecule has 1 atom stereocenters. The van der Waals surface area contributed by atoms with Crippen LogP contribution in [0.25, 0.3) is 0 Å². The van der Waals surface area contributed by atoms with Crippen LogP contribution in [-0.2, 0) is 0 Å². The van der Waals surface area contributed by atoms with E-state index in [2.05, 4.69) is 51.3 Å². The molecule has 0 fully saturated rings. The van der Waals surface area contributed by atoms with Crippen LogP contribution < -0.4 is 10.6 Å². The number of rotatable bonds is 5. The second-order valence-corrected chi connectivity index (χ2v) is 6.76. The summed E-state index contributed by atoms with van der Waals surface area (Å²) in [6.07, 6.45) is 8.26. The monoisotopic (exact) mass is 282 g/mol. The van der Waals surface area contributed by atoms with E-state index >= 15 is 0 Å². The molecule has 2 N–H and O–H groups in total. The minimum atomic E-state index is 0.0628. The summed E-state index contributed by atoms with van der Waals surface area (Å²) in [5.74, 6) is 0.664. The molecule has 0 aliphatic heterocycles. The van der Waals surface area contributed by atoms with Crippen LogP contribution in [0.5, 0.6) is 0 Å². The van der Waals surface area contributed by atoms with Gasteiger partial charge in [-0.25, -0.2) is 0 Å². The van der Waals surface area contributed by atoms with Crippen LogP contribution in [0.3, 0.4) is 0 Å². The highest BCUT2D eigenvalue weighted by Crippen LogP contribution is 2.31. The van der Waals surface area contributed by atoms with Crippen molar-refractivity contribution in [3.63, 3.8) is 0 Å². The molecule has 0 saturated heterocycles. The predicted molar refractivity (Wildman–Crippen MR) is 88.4 cm³/mol. The molecule has 0 saturated carbocycles. The molecule has 1 aliphatic rings. The van der Waals surface area contributed by atoms with Gasteiger partial charge in [-0.1, -0.05) is 25.5 Å². The van der Waals surface area contributed by atoms with Crippen molar-refractivity contribution in [3.8, 4) is 0 Å². The Kier molecular flexibility index (Phi) is 6.31. The first-order chi connectivity index (χ1) is 8.89. The van der Waals surface area contributed by atoms with E-state index in [0.717, 1.165) is 18.0 Å². The Morgan fingerprint density at radius 3 is 2.53 bits per heavy atom. The Labute approximate surface area is 124 Å². The molecular weight excluding hydrogens is 252 g/mol. The van der Waals surface area contributed by atoms with Gasteiger partial charge in [-0.05, 0) is 71.0 Å². The third kappa shape index (κ3) is 5.13. The van der Waals surface area contributed by atoms with Crippen LogP contribution >= 0.6 is 12.2 Å². The molecule has 0 aromatic heterocycles. The van der Waals surface area contributed by atoms with Gasteiger partial charge in [-0.2, -0.15) is 0 Å². The minimum absolute atomic E-state index is 0.0628. The second kappa shape index (κ2) is 7.28. The Morgan fingerprint density at radius 1 is 1.42 bits per heavy atom. The second-order valence-electron chi connectivity index (χ2n) is 6.36. The first-order valence-electron chi connectivity index (χ1n) is 7.63. The molecular formula is C16H30N2S. The first kappa shape index (κ1) is 16.5. The zero-order chi connectivity index (χ0) is 14.5. The summed E-state index contributed by atoms with van der Waals surface area (Å²) < 4.78 is 0. The van der Waals surface area contributed by atoms with Gasteiger partial charge in [-0.15, -0.1) is 0 Å². The van der Waals surface area contributed by atoms with Crippen LogP contribution in [0.15, 0.2) is 11.6 Å². The van der Waals surface area contributed by atoms with Gasteiger partial charge < -0.3 is 10.6 Å². The van der Waals surface area contributed by atoms with Gasteiger partial charge in [-0.3, -0.25) is 0 Å². The van der Waals surface area contributed by atoms with Gasteiger partial charge in [0.2, 0.25) is 0 Å². The van der Waals surface area contributed by atoms with Crippen LogP contribution in [0.4, 0.5) is 0 Å². The van der Waals surface area contributed by atoms with Crippen molar-refractivity contribution in [1.29, 1.82) is 0 Å². The third-order valence-electron chi connectivity index (χ3n) is 4.42. The zero-order valence-electron chi connectivity index (χ0n) is 13.2. The lowest BCUT2D eigenvalue weighted by Crippen LogP contribution is -2.54. The molecule has 0 unspecified atom stereocenters. The maximum Gasteiger partial charge on any atom is 0.166 e. The molecule has 1 rings (SSSR count). The van der Waals surface area contributed by atoms with Gasteiger partial charge in [0.25, 0.3) is 0 Å². The Hall–Kier alpha value is -0.570. The van der Waals surface area contributed by atoms with E-state index in [9.17, 15) is 0 Å². The van der Waals surface area contributed by atoms with Crippen molar-refractivity contribution in [2.45, 2.75) is 78.3 Å². The highest BCUT2D eigenvalue weighted by atomic mass is 32.1. The van der Waals surface area contributed by atoms with Crippen LogP contribution in [0.2, 0.25) is 0 Å². The van der Waals surface area contributed by atoms with Gasteiger partial charge in [0.1, 0.15) is 0 Å². The first-order valence-corrected chi connectivity index (χ1v) is 8.04. The number of nitrogens with one attached hydrogen (secondary N) is 2. The van der Waals surface area contributed by atoms with Crippen molar-refractivity contribution in [1.82, 2.24) is 10.6 Å². The van der Waals surface area contributed by atoms with Crippen LogP contribution in [-0.4, -0.2) is 16.7 Å². The summed E-state index contributed by atoms with van der Waals surface area (Å²) in [7, 11) is 0. The molecule has 2 nitrogen and oxygen atoms in total. The van der Waals surface area contributed by atoms with Crippen LogP contribution in [0, 0.1) is 5.92 Å². The smallest absolute Gasteiger partial charge is 0.166 e. The predicted octanol–water partition coefficient (Wildman–Crippen LogP) is 4.16. The molecule has 0 bridgehead atoms. The zero-order valence-corrected chi connectivity index (χ0v) is 14.0. The van der Waals surface area contributed by atoms with Crippen molar-refractivity contribution >= 4 is 17.3 Å². The largest absolute Gasteiger partial charge is 0.360 e. The number of hydrogen-bond donors (Lipinski definition) is 2. The van der Waals surface area contributed by atoms with Crippen LogP contribution in [0.1, 0.15) is 66.7 Å². The van der Waals surface area contributed by atoms with Gasteiger partial charge in [0.15, 0.2) is 5.11 Å². The highest BCUT2D eigenvalue weighted by Gasteiger charge is 2.30. The maximum absolute atomic E-state index is 5.47. The Bertz CT molecular complexity index is 330. The lowest BCUT2D eigenvalue weighted by Gasteiger charge is -2.38. The quantitative estimate of drug-likeness (QED) is 0.585. The average Bonchev–Trinajstić information content (AvgIpc) is 2.35. The van der Waals surface area contributed by atoms with E-state index in [1.54, 1.807) is 0 Å². The van der Waals surface area contributed by atoms with Crippen molar-refractivity contribution in [2.75, 3.05) is 0 Å². The van der Waals surface area contributed by atoms with Gasteiger partial charge in [0.05, 0.1) is 0 Å². The van der Waals surface area contributed by atoms with Gasteiger partial charge in [0, 0.05) is 11.6 Å². The molecule has 0 aromatic rings. The van der Waals surface area contributed by atoms with E-state index in [0.29, 0.717) is 12.0 Å². The molecule has 0 aromatic carbocycles. The molecule has 0 heterocycles. The molecule has 3 heteroatoms. The standard InChI is InChI=1S/C16H30N2S/c1-6-14(7-2)17-15(19)18-16(4,5)13-10-8-12(3)9-11-13/h8,13-14H,6-7,9-11H2,1-5H3,(H2,17,18,19)/t13-/m0/s1. The number of hydrogen-bond acceptors (Lipinski definition) is 1. The lowest BCUT2D eigenvalue weighted by atomic mass is 9.77. The van der Waals surface area contributed by atoms with E-state index in [1.165, 1.54) is 24.8 Å². The Balaban J connectivity index is 2.52. The van der Waals surface area contributed by atoms with E-state index in [4.69, 9.17) is 12.2 Å². The summed E-state index contributed by atoms with van der Waals surface area (Å²) >= 11 is 5.47. The molecule has 110 valence electrons. The van der Waals surface area contributed by atoms with Crippen molar-refractivity contribution < 1.29 is 0 Å². The van der Waals surface area contributed by atoms with Gasteiger partial charge >= 0.3 is 0 Å². The fourth-order valence-corrected chi connectivity index (χ4v) is 3.16. The van der Waals surface area contributed by atoms with Crippen molar-refractivity contribution in [3.05, 3.63) is 11.6 Å². The summed E-state index contributed by atoms with van der Waals surface area (Å²) in [5, 5.41) is 7.77. The van der Waals surface area contributed by atoms with E-state index in [1.807, 2.05) is 0 Å². The minimum Gasteiger partial charge on any atom is -0.360 e. The normalized spacial score (nSPS) is 20.1. The summed E-state index contributed by atoms with van der Waals surface area (Å²) in [6, 6.07) is 0.490. The maximum atomic E-state index is 5.47. The summed E-state index contributed by atoms with van der Waals surface area (Å²) in [4.78, 5) is 0. The molecule has 0 amide bonds. The topological polar surface area (TPSA) is 24.1 Å². The summed E-state index contributed by atoms with van der Waals surface area (Å²) in [5.41, 5.74) is 1.60. The fourth-order valence-electron chi connectivity index (χ4n) is 2.73. The highest BCUT2D eigenvalue weighted by molar-refractivity contribution is 7.80. The number of thiocarbonyl (C=S) groups is 1. The number of allylic oxidation sites excluding steroid dienone is 2. The SMILES string of the molecule is CCC(CC)NC(=S)NC(C)(C)[C@H]1CC=C(C)CC1. The van der Waals surface area contributed by atoms with E-state index in [-0.39, 0.29) is 5.54 Å². The van der Waals surface area contributed by atoms with E-state index < -0.39 is 0 Å². The molecule has 1 aliphatic carbocycles. The molecule has 0 spiro atoms. The fraction of sp³-hybridized carbons (Fsp3) is 0.812. The average molecular weight is 282 g/mol. The lowest BCUT2D eigenvalue weighted by molar-refractivity contribution is 0.264. The molecule has 19 heavy (non-hydrogen) atoms. The third-order valence-corrected chi connectivity index (χ3v) is 4.64. The summed E-state index contributed by atoms with van der Waals surface area (Å²) in [6.45, 7) is 11.2. The van der Waals surface area contributed by atoms with Crippen molar-refractivity contribution in [2.24, 2.45) is 5.92 Å². The Morgan fingerprint density at radius 2 is 2.05 bits per heavy atom. The molecule has 0 radical (unpaired) electrons.